The molecule has 0 aliphatic carbocycles. The van der Waals surface area contributed by atoms with Crippen molar-refractivity contribution in [2.24, 2.45) is 7.05 Å². The summed E-state index contributed by atoms with van der Waals surface area (Å²) >= 11 is 0. The van der Waals surface area contributed by atoms with Crippen molar-refractivity contribution in [3.05, 3.63) is 18.0 Å². The number of nitriles is 1. The topological polar surface area (TPSA) is 41.6 Å². The second-order valence-electron chi connectivity index (χ2n) is 1.86. The van der Waals surface area contributed by atoms with E-state index >= 15 is 0 Å². The first-order valence-electron chi connectivity index (χ1n) is 2.67. The van der Waals surface area contributed by atoms with Gasteiger partial charge in [0.15, 0.2) is 0 Å². The first-order valence-corrected chi connectivity index (χ1v) is 2.67. The van der Waals surface area contributed by atoms with E-state index < -0.39 is 0 Å². The van der Waals surface area contributed by atoms with Crippen molar-refractivity contribution >= 4 is 0 Å². The van der Waals surface area contributed by atoms with Gasteiger partial charge in [-0.15, -0.1) is 0 Å². The van der Waals surface area contributed by atoms with Gasteiger partial charge in [0.2, 0.25) is 0 Å². The second-order valence-corrected chi connectivity index (χ2v) is 1.86. The fourth-order valence-corrected chi connectivity index (χ4v) is 0.654. The molecule has 0 N–H and O–H groups in total. The first kappa shape index (κ1) is 5.83. The molecule has 3 heteroatoms. The molecule has 0 aliphatic heterocycles. The predicted molar refractivity (Wildman–Crippen MR) is 32.5 cm³/mol. The van der Waals surface area contributed by atoms with E-state index in [-0.39, 0.29) is 0 Å². The van der Waals surface area contributed by atoms with Crippen molar-refractivity contribution < 1.29 is 0 Å². The van der Waals surface area contributed by atoms with Gasteiger partial charge >= 0.3 is 0 Å². The van der Waals surface area contributed by atoms with Crippen LogP contribution in [0.25, 0.3) is 0 Å². The highest BCUT2D eigenvalue weighted by Crippen LogP contribution is 1.94. The van der Waals surface area contributed by atoms with Crippen molar-refractivity contribution in [2.75, 3.05) is 0 Å². The lowest BCUT2D eigenvalue weighted by Crippen LogP contribution is -1.84. The maximum absolute atomic E-state index is 8.24. The van der Waals surface area contributed by atoms with Crippen LogP contribution in [-0.2, 0) is 13.5 Å². The zero-order valence-corrected chi connectivity index (χ0v) is 5.20. The average molecular weight is 121 g/mol. The van der Waals surface area contributed by atoms with Gasteiger partial charge in [-0.2, -0.15) is 10.4 Å². The summed E-state index contributed by atoms with van der Waals surface area (Å²) < 4.78 is 1.69. The molecule has 0 spiro atoms. The molecular weight excluding hydrogens is 114 g/mol. The summed E-state index contributed by atoms with van der Waals surface area (Å²) in [6.07, 6.45) is 3.99. The Kier molecular flexibility index (Phi) is 1.50. The number of hydrogen-bond acceptors (Lipinski definition) is 2. The van der Waals surface area contributed by atoms with Crippen molar-refractivity contribution in [1.82, 2.24) is 9.78 Å². The van der Waals surface area contributed by atoms with E-state index in [0.29, 0.717) is 6.42 Å². The van der Waals surface area contributed by atoms with Crippen LogP contribution in [0.1, 0.15) is 5.56 Å². The molecule has 46 valence electrons. The minimum absolute atomic E-state index is 0.452. The van der Waals surface area contributed by atoms with E-state index in [1.807, 2.05) is 19.3 Å². The molecule has 9 heavy (non-hydrogen) atoms. The van der Waals surface area contributed by atoms with Gasteiger partial charge in [0, 0.05) is 18.8 Å². The van der Waals surface area contributed by atoms with Crippen LogP contribution in [0.5, 0.6) is 0 Å². The third kappa shape index (κ3) is 1.29. The van der Waals surface area contributed by atoms with Crippen LogP contribution in [0.15, 0.2) is 12.4 Å². The lowest BCUT2D eigenvalue weighted by Gasteiger charge is -1.80. The van der Waals surface area contributed by atoms with E-state index in [1.165, 1.54) is 0 Å². The SMILES string of the molecule is Cn1cc(CC#N)cn1. The molecule has 0 radical (unpaired) electrons. The Balaban J connectivity index is 2.76. The minimum atomic E-state index is 0.452. The summed E-state index contributed by atoms with van der Waals surface area (Å²) in [6.45, 7) is 0. The van der Waals surface area contributed by atoms with Gasteiger partial charge < -0.3 is 0 Å². The number of aryl methyl sites for hydroxylation is 1. The molecule has 0 aliphatic rings. The Bertz CT molecular complexity index is 231. The van der Waals surface area contributed by atoms with Gasteiger partial charge in [0.25, 0.3) is 0 Å². The second kappa shape index (κ2) is 2.31. The predicted octanol–water partition coefficient (Wildman–Crippen LogP) is 0.486. The third-order valence-corrected chi connectivity index (χ3v) is 1.04. The van der Waals surface area contributed by atoms with Gasteiger partial charge in [-0.3, -0.25) is 4.68 Å². The maximum Gasteiger partial charge on any atom is 0.0670 e. The summed E-state index contributed by atoms with van der Waals surface area (Å²) in [5.74, 6) is 0. The lowest BCUT2D eigenvalue weighted by atomic mass is 10.3. The Hall–Kier alpha value is -1.30. The maximum atomic E-state index is 8.24. The molecule has 1 aromatic heterocycles. The molecule has 0 saturated heterocycles. The Morgan fingerprint density at radius 3 is 3.11 bits per heavy atom. The zero-order chi connectivity index (χ0) is 6.69. The van der Waals surface area contributed by atoms with Crippen molar-refractivity contribution in [3.8, 4) is 6.07 Å². The largest absolute Gasteiger partial charge is 0.276 e. The summed E-state index contributed by atoms with van der Waals surface area (Å²) in [5, 5.41) is 12.1. The molecule has 0 saturated carbocycles. The normalized spacial score (nSPS) is 8.89. The van der Waals surface area contributed by atoms with E-state index in [9.17, 15) is 0 Å². The molecule has 1 rings (SSSR count). The highest BCUT2D eigenvalue weighted by molar-refractivity contribution is 5.08. The van der Waals surface area contributed by atoms with Crippen LogP contribution in [0, 0.1) is 11.3 Å². The highest BCUT2D eigenvalue weighted by Gasteiger charge is 1.91. The average Bonchev–Trinajstić information content (AvgIpc) is 2.17. The molecule has 0 unspecified atom stereocenters. The van der Waals surface area contributed by atoms with Crippen LogP contribution >= 0.6 is 0 Å². The van der Waals surface area contributed by atoms with Crippen LogP contribution in [-0.4, -0.2) is 9.78 Å². The molecule has 3 nitrogen and oxygen atoms in total. The molecule has 0 atom stereocenters. The van der Waals surface area contributed by atoms with Crippen LogP contribution in [0.4, 0.5) is 0 Å². The van der Waals surface area contributed by atoms with E-state index in [1.54, 1.807) is 10.9 Å². The van der Waals surface area contributed by atoms with Gasteiger partial charge in [-0.1, -0.05) is 0 Å². The van der Waals surface area contributed by atoms with Crippen molar-refractivity contribution in [2.45, 2.75) is 6.42 Å². The van der Waals surface area contributed by atoms with Crippen LogP contribution in [0.2, 0.25) is 0 Å². The fourth-order valence-electron chi connectivity index (χ4n) is 0.654. The lowest BCUT2D eigenvalue weighted by molar-refractivity contribution is 0.767. The monoisotopic (exact) mass is 121 g/mol. The third-order valence-electron chi connectivity index (χ3n) is 1.04. The molecule has 0 bridgehead atoms. The highest BCUT2D eigenvalue weighted by atomic mass is 15.2. The van der Waals surface area contributed by atoms with Crippen molar-refractivity contribution in [3.63, 3.8) is 0 Å². The van der Waals surface area contributed by atoms with Gasteiger partial charge in [-0.25, -0.2) is 0 Å². The molecule has 1 heterocycles. The number of hydrogen-bond donors (Lipinski definition) is 0. The summed E-state index contributed by atoms with van der Waals surface area (Å²) in [7, 11) is 1.83. The van der Waals surface area contributed by atoms with E-state index in [4.69, 9.17) is 5.26 Å². The Morgan fingerprint density at radius 2 is 2.67 bits per heavy atom. The number of rotatable bonds is 1. The molecule has 0 fully saturated rings. The number of aromatic nitrogens is 2. The van der Waals surface area contributed by atoms with Crippen LogP contribution in [0.3, 0.4) is 0 Å². The summed E-state index contributed by atoms with van der Waals surface area (Å²) in [5.41, 5.74) is 0.972. The molecular formula is C6H7N3. The summed E-state index contributed by atoms with van der Waals surface area (Å²) in [6, 6.07) is 2.04. The van der Waals surface area contributed by atoms with Crippen LogP contribution < -0.4 is 0 Å². The smallest absolute Gasteiger partial charge is 0.0670 e. The van der Waals surface area contributed by atoms with Gasteiger partial charge in [-0.05, 0) is 0 Å². The zero-order valence-electron chi connectivity index (χ0n) is 5.20. The van der Waals surface area contributed by atoms with Gasteiger partial charge in [0.1, 0.15) is 0 Å². The summed E-state index contributed by atoms with van der Waals surface area (Å²) in [4.78, 5) is 0. The molecule has 0 amide bonds. The standard InChI is InChI=1S/C6H7N3/c1-9-5-6(2-3-7)4-8-9/h4-5H,2H2,1H3. The quantitative estimate of drug-likeness (QED) is 0.542. The Morgan fingerprint density at radius 1 is 1.89 bits per heavy atom. The van der Waals surface area contributed by atoms with E-state index in [2.05, 4.69) is 5.10 Å². The molecule has 0 aromatic carbocycles. The molecule has 1 aromatic rings. The van der Waals surface area contributed by atoms with Gasteiger partial charge in [0.05, 0.1) is 18.7 Å². The first-order chi connectivity index (χ1) is 4.33. The van der Waals surface area contributed by atoms with E-state index in [0.717, 1.165) is 5.56 Å². The fraction of sp³-hybridized carbons (Fsp3) is 0.333. The Labute approximate surface area is 53.5 Å². The number of nitrogens with zero attached hydrogens (tertiary/aromatic N) is 3. The van der Waals surface area contributed by atoms with Crippen molar-refractivity contribution in [1.29, 1.82) is 5.26 Å². The minimum Gasteiger partial charge on any atom is -0.276 e.